The van der Waals surface area contributed by atoms with E-state index in [2.05, 4.69) is 36.3 Å². The summed E-state index contributed by atoms with van der Waals surface area (Å²) in [6.07, 6.45) is -4.98. The van der Waals surface area contributed by atoms with Gasteiger partial charge in [0.15, 0.2) is 11.4 Å². The lowest BCUT2D eigenvalue weighted by atomic mass is 9.87. The number of allylic oxidation sites excluding steroid dienone is 6. The topological polar surface area (TPSA) is 122 Å². The number of halogens is 3. The summed E-state index contributed by atoms with van der Waals surface area (Å²) in [5, 5.41) is 41.5. The van der Waals surface area contributed by atoms with Crippen LogP contribution in [0.2, 0.25) is 0 Å². The van der Waals surface area contributed by atoms with Crippen molar-refractivity contribution in [3.8, 4) is 30.0 Å². The molecule has 5 aromatic carbocycles. The maximum Gasteiger partial charge on any atom is 0.573 e. The van der Waals surface area contributed by atoms with Crippen molar-refractivity contribution in [2.75, 3.05) is 0 Å². The molecule has 278 valence electrons. The Bertz CT molecular complexity index is 3170. The van der Waals surface area contributed by atoms with Crippen LogP contribution >= 0.6 is 0 Å². The molecular weight excluding hydrogens is 762 g/mol. The Morgan fingerprint density at radius 1 is 0.600 bits per heavy atom. The number of benzene rings is 5. The lowest BCUT2D eigenvalue weighted by Gasteiger charge is -2.16. The van der Waals surface area contributed by atoms with Crippen molar-refractivity contribution in [1.29, 1.82) is 21.0 Å². The third kappa shape index (κ3) is 6.75. The second kappa shape index (κ2) is 15.2. The highest BCUT2D eigenvalue weighted by atomic mass is 19.4. The number of nitriles is 4. The third-order valence-corrected chi connectivity index (χ3v) is 9.77. The number of fused-ring (bicyclic) bond motifs is 2. The minimum Gasteiger partial charge on any atom is -0.406 e. The number of ether oxygens (including phenoxy) is 1. The zero-order valence-corrected chi connectivity index (χ0v) is 30.9. The van der Waals surface area contributed by atoms with Crippen LogP contribution in [0, 0.1) is 78.5 Å². The molecule has 9 nitrogen and oxygen atoms in total. The maximum atomic E-state index is 13.2. The molecule has 0 unspecified atom stereocenters. The predicted molar refractivity (Wildman–Crippen MR) is 217 cm³/mol. The first-order chi connectivity index (χ1) is 28.9. The van der Waals surface area contributed by atoms with Crippen molar-refractivity contribution in [2.24, 2.45) is 0 Å². The molecule has 0 bridgehead atoms. The Morgan fingerprint density at radius 3 is 1.68 bits per heavy atom. The number of rotatable bonds is 5. The van der Waals surface area contributed by atoms with E-state index in [1.54, 1.807) is 24.3 Å². The largest absolute Gasteiger partial charge is 0.573 e. The second-order valence-corrected chi connectivity index (χ2v) is 13.3. The molecule has 0 saturated carbocycles. The first-order valence-electron chi connectivity index (χ1n) is 17.4. The highest BCUT2D eigenvalue weighted by Crippen LogP contribution is 2.56. The van der Waals surface area contributed by atoms with Gasteiger partial charge >= 0.3 is 6.36 Å². The maximum absolute atomic E-state index is 13.2. The van der Waals surface area contributed by atoms with E-state index in [-0.39, 0.29) is 89.6 Å². The number of alkyl halides is 3. The van der Waals surface area contributed by atoms with Crippen LogP contribution in [0.1, 0.15) is 61.2 Å². The fraction of sp³-hybridized carbons (Fsp3) is 0.0417. The van der Waals surface area contributed by atoms with E-state index in [4.69, 9.17) is 26.3 Å². The molecule has 0 aromatic heterocycles. The summed E-state index contributed by atoms with van der Waals surface area (Å²) in [5.41, 5.74) is 4.68. The minimum absolute atomic E-state index is 0.0102. The summed E-state index contributed by atoms with van der Waals surface area (Å²) >= 11 is 0. The van der Waals surface area contributed by atoms with E-state index in [1.807, 2.05) is 31.2 Å². The van der Waals surface area contributed by atoms with Crippen molar-refractivity contribution in [2.45, 2.75) is 13.3 Å². The Hall–Kier alpha value is -9.43. The zero-order valence-electron chi connectivity index (χ0n) is 30.9. The lowest BCUT2D eigenvalue weighted by molar-refractivity contribution is -0.274. The van der Waals surface area contributed by atoms with E-state index >= 15 is 0 Å². The first kappa shape index (κ1) is 38.8. The standard InChI is InChI=1S/C48H19F3N8O/c1-26-6-8-30(9-7-26)43-44(40(24-54)31-17-33(56-2)19-34(18-31)57-3)38-21-37-36(20-39(38)47(43)59-5)41(25-55)42(29-10-12-35(13-11-29)60-48(49,50)51)45(37)46(58-4)32-15-27(22-52)14-28(16-32)23-53/h6-21H,1H3/b44-40-,46-45+. The van der Waals surface area contributed by atoms with Crippen molar-refractivity contribution in [3.05, 3.63) is 204 Å². The van der Waals surface area contributed by atoms with Crippen LogP contribution in [-0.2, 0) is 0 Å². The van der Waals surface area contributed by atoms with Gasteiger partial charge in [0, 0.05) is 0 Å². The van der Waals surface area contributed by atoms with E-state index in [0.717, 1.165) is 17.7 Å². The van der Waals surface area contributed by atoms with Crippen molar-refractivity contribution in [3.63, 3.8) is 0 Å². The molecule has 0 aliphatic heterocycles. The summed E-state index contributed by atoms with van der Waals surface area (Å²) in [7, 11) is 0. The molecule has 0 fully saturated rings. The summed E-state index contributed by atoms with van der Waals surface area (Å²) < 4.78 is 43.6. The molecule has 0 atom stereocenters. The van der Waals surface area contributed by atoms with Gasteiger partial charge in [0.25, 0.3) is 0 Å². The predicted octanol–water partition coefficient (Wildman–Crippen LogP) is 12.2. The molecule has 5 aromatic rings. The molecule has 2 aliphatic rings. The van der Waals surface area contributed by atoms with Crippen LogP contribution in [0.5, 0.6) is 5.75 Å². The highest BCUT2D eigenvalue weighted by molar-refractivity contribution is 6.33. The molecule has 2 aliphatic carbocycles. The molecular formula is C48H19F3N8O. The number of nitrogens with zero attached hydrogens (tertiary/aromatic N) is 8. The van der Waals surface area contributed by atoms with E-state index in [1.165, 1.54) is 48.5 Å². The molecule has 0 N–H and O–H groups in total. The molecule has 0 amide bonds. The van der Waals surface area contributed by atoms with Crippen LogP contribution in [0.3, 0.4) is 0 Å². The minimum atomic E-state index is -4.98. The molecule has 0 spiro atoms. The number of hydrogen-bond acceptors (Lipinski definition) is 5. The van der Waals surface area contributed by atoms with Gasteiger partial charge in [0.05, 0.1) is 60.7 Å². The van der Waals surface area contributed by atoms with Gasteiger partial charge < -0.3 is 4.74 Å². The van der Waals surface area contributed by atoms with Crippen LogP contribution in [0.25, 0.3) is 64.2 Å². The summed E-state index contributed by atoms with van der Waals surface area (Å²) in [4.78, 5) is 14.8. The average Bonchev–Trinajstić information content (AvgIpc) is 3.74. The smallest absolute Gasteiger partial charge is 0.406 e. The van der Waals surface area contributed by atoms with Crippen LogP contribution in [0.15, 0.2) is 97.1 Å². The number of aryl methyl sites for hydroxylation is 1. The van der Waals surface area contributed by atoms with Crippen molar-refractivity contribution >= 4 is 56.2 Å². The third-order valence-electron chi connectivity index (χ3n) is 9.77. The van der Waals surface area contributed by atoms with Gasteiger partial charge in [0.2, 0.25) is 11.4 Å². The van der Waals surface area contributed by atoms with Gasteiger partial charge in [-0.1, -0.05) is 66.2 Å². The van der Waals surface area contributed by atoms with Gasteiger partial charge in [-0.05, 0) is 110 Å². The van der Waals surface area contributed by atoms with Crippen LogP contribution < -0.4 is 4.74 Å². The van der Waals surface area contributed by atoms with Gasteiger partial charge in [-0.25, -0.2) is 19.4 Å². The second-order valence-electron chi connectivity index (χ2n) is 13.3. The molecule has 7 rings (SSSR count). The Labute approximate surface area is 341 Å². The molecule has 60 heavy (non-hydrogen) atoms. The quantitative estimate of drug-likeness (QED) is 0.130. The molecule has 0 saturated heterocycles. The van der Waals surface area contributed by atoms with E-state index in [0.29, 0.717) is 22.3 Å². The SMILES string of the molecule is [C-]#[N+]C1=C(c2ccc(C)cc2)/C(=C(/C#N)c2cc([N+]#[C-])cc([N+]#[C-])c2)c2cc3c(cc21)C(C#N)=C(c1ccc(OC(F)(F)F)cc1)/C3=C(/[N+]#[C-])c1cc(C#N)cc(C#N)c1. The zero-order chi connectivity index (χ0) is 42.9. The van der Waals surface area contributed by atoms with Gasteiger partial charge in [-0.3, -0.25) is 0 Å². The summed E-state index contributed by atoms with van der Waals surface area (Å²) in [5.74, 6) is -0.533. The Morgan fingerprint density at radius 2 is 1.17 bits per heavy atom. The normalized spacial score (nSPS) is 14.1. The van der Waals surface area contributed by atoms with Gasteiger partial charge in [-0.2, -0.15) is 21.0 Å². The van der Waals surface area contributed by atoms with Gasteiger partial charge in [-0.15, -0.1) is 13.2 Å². The van der Waals surface area contributed by atoms with E-state index < -0.39 is 12.1 Å². The fourth-order valence-electron chi connectivity index (χ4n) is 7.34. The van der Waals surface area contributed by atoms with Crippen LogP contribution in [0.4, 0.5) is 24.5 Å². The Balaban J connectivity index is 1.63. The first-order valence-corrected chi connectivity index (χ1v) is 17.4. The number of hydrogen-bond donors (Lipinski definition) is 0. The van der Waals surface area contributed by atoms with Gasteiger partial charge in [0.1, 0.15) is 17.9 Å². The monoisotopic (exact) mass is 780 g/mol. The van der Waals surface area contributed by atoms with E-state index in [9.17, 15) is 34.2 Å². The highest BCUT2D eigenvalue weighted by Gasteiger charge is 2.38. The lowest BCUT2D eigenvalue weighted by Crippen LogP contribution is -2.17. The molecule has 0 heterocycles. The molecule has 0 radical (unpaired) electrons. The average molecular weight is 781 g/mol. The fourth-order valence-corrected chi connectivity index (χ4v) is 7.34. The van der Waals surface area contributed by atoms with Crippen molar-refractivity contribution in [1.82, 2.24) is 0 Å². The van der Waals surface area contributed by atoms with Crippen molar-refractivity contribution < 1.29 is 17.9 Å². The molecule has 12 heteroatoms. The Kier molecular flexibility index (Phi) is 9.87. The summed E-state index contributed by atoms with van der Waals surface area (Å²) in [6.45, 7) is 34.2. The van der Waals surface area contributed by atoms with Crippen LogP contribution in [-0.4, -0.2) is 6.36 Å². The summed E-state index contributed by atoms with van der Waals surface area (Å²) in [6, 6.07) is 32.2.